The van der Waals surface area contributed by atoms with Crippen molar-refractivity contribution in [2.45, 2.75) is 6.18 Å². The summed E-state index contributed by atoms with van der Waals surface area (Å²) >= 11 is 0. The number of alkyl halides is 3. The van der Waals surface area contributed by atoms with Crippen molar-refractivity contribution in [3.63, 3.8) is 0 Å². The second kappa shape index (κ2) is 6.46. The number of hydrogen-bond acceptors (Lipinski definition) is 3. The van der Waals surface area contributed by atoms with Gasteiger partial charge in [0.15, 0.2) is 5.71 Å². The maximum absolute atomic E-state index is 12.7. The third-order valence-corrected chi connectivity index (χ3v) is 2.98. The number of nitrogens with one attached hydrogen (secondary N) is 1. The van der Waals surface area contributed by atoms with Gasteiger partial charge in [-0.25, -0.2) is 0 Å². The molecule has 2 aromatic rings. The van der Waals surface area contributed by atoms with E-state index in [0.29, 0.717) is 10.9 Å². The lowest BCUT2D eigenvalue weighted by Gasteiger charge is -2.11. The second-order valence-corrected chi connectivity index (χ2v) is 4.43. The van der Waals surface area contributed by atoms with E-state index in [0.717, 1.165) is 12.5 Å². The molecule has 22 heavy (non-hydrogen) atoms. The fourth-order valence-electron chi connectivity index (χ4n) is 1.98. The Morgan fingerprint density at radius 1 is 1.18 bits per heavy atom. The lowest BCUT2D eigenvalue weighted by Crippen LogP contribution is -2.37. The molecule has 0 atom stereocenters. The number of nitrogens with zero attached hydrogens (tertiary/aromatic N) is 1. The first-order valence-corrected chi connectivity index (χ1v) is 6.36. The zero-order valence-corrected chi connectivity index (χ0v) is 11.6. The number of halogens is 3. The van der Waals surface area contributed by atoms with Crippen LogP contribution in [0.5, 0.6) is 0 Å². The summed E-state index contributed by atoms with van der Waals surface area (Å²) in [6.45, 7) is -0.764. The van der Waals surface area contributed by atoms with Crippen LogP contribution in [0.15, 0.2) is 47.6 Å². The van der Waals surface area contributed by atoms with E-state index < -0.39 is 24.3 Å². The Morgan fingerprint density at radius 2 is 1.86 bits per heavy atom. The smallest absolute Gasteiger partial charge is 0.399 e. The number of rotatable bonds is 4. The van der Waals surface area contributed by atoms with Gasteiger partial charge in [-0.15, -0.1) is 0 Å². The van der Waals surface area contributed by atoms with E-state index in [9.17, 15) is 18.0 Å². The van der Waals surface area contributed by atoms with Crippen molar-refractivity contribution in [3.8, 4) is 0 Å². The van der Waals surface area contributed by atoms with Crippen LogP contribution in [0.2, 0.25) is 0 Å². The van der Waals surface area contributed by atoms with Gasteiger partial charge in [0.2, 0.25) is 0 Å². The van der Waals surface area contributed by atoms with Crippen LogP contribution in [0.25, 0.3) is 10.8 Å². The van der Waals surface area contributed by atoms with E-state index in [-0.39, 0.29) is 0 Å². The van der Waals surface area contributed by atoms with E-state index in [1.54, 1.807) is 24.3 Å². The van der Waals surface area contributed by atoms with Crippen molar-refractivity contribution >= 4 is 22.4 Å². The molecular weight excluding hydrogens is 297 g/mol. The van der Waals surface area contributed by atoms with Gasteiger partial charge in [0.1, 0.15) is 7.11 Å². The zero-order valence-electron chi connectivity index (χ0n) is 11.6. The molecule has 0 heterocycles. The third-order valence-electron chi connectivity index (χ3n) is 2.98. The molecule has 7 heteroatoms. The molecule has 4 nitrogen and oxygen atoms in total. The van der Waals surface area contributed by atoms with Crippen molar-refractivity contribution in [1.29, 1.82) is 0 Å². The summed E-state index contributed by atoms with van der Waals surface area (Å²) in [5.41, 5.74) is -0.902. The van der Waals surface area contributed by atoms with Crippen molar-refractivity contribution in [3.05, 3.63) is 48.0 Å². The van der Waals surface area contributed by atoms with E-state index >= 15 is 0 Å². The molecule has 0 radical (unpaired) electrons. The van der Waals surface area contributed by atoms with E-state index in [4.69, 9.17) is 0 Å². The van der Waals surface area contributed by atoms with E-state index in [2.05, 4.69) is 15.3 Å². The maximum Gasteiger partial charge on any atom is 0.434 e. The van der Waals surface area contributed by atoms with Gasteiger partial charge in [0.05, 0.1) is 6.54 Å². The first-order valence-electron chi connectivity index (χ1n) is 6.36. The molecule has 0 aromatic heterocycles. The first-order chi connectivity index (χ1) is 10.4. The van der Waals surface area contributed by atoms with Crippen LogP contribution in [0.3, 0.4) is 0 Å². The van der Waals surface area contributed by atoms with Crippen LogP contribution in [-0.4, -0.2) is 31.4 Å². The lowest BCUT2D eigenvalue weighted by atomic mass is 10.0. The van der Waals surface area contributed by atoms with Gasteiger partial charge >= 0.3 is 6.18 Å². The summed E-state index contributed by atoms with van der Waals surface area (Å²) in [6, 6.07) is 12.2. The lowest BCUT2D eigenvalue weighted by molar-refractivity contribution is -0.0627. The number of oxime groups is 1. The van der Waals surface area contributed by atoms with Crippen molar-refractivity contribution < 1.29 is 22.8 Å². The molecule has 0 unspecified atom stereocenters. The Balaban J connectivity index is 2.20. The largest absolute Gasteiger partial charge is 0.434 e. The van der Waals surface area contributed by atoms with Crippen LogP contribution >= 0.6 is 0 Å². The van der Waals surface area contributed by atoms with Crippen LogP contribution in [0.4, 0.5) is 13.2 Å². The Hall–Kier alpha value is -2.57. The summed E-state index contributed by atoms with van der Waals surface area (Å²) in [6.07, 6.45) is -4.66. The number of fused-ring (bicyclic) bond motifs is 1. The van der Waals surface area contributed by atoms with Gasteiger partial charge in [0, 0.05) is 5.56 Å². The van der Waals surface area contributed by atoms with Gasteiger partial charge in [-0.1, -0.05) is 41.6 Å². The minimum Gasteiger partial charge on any atom is -0.399 e. The summed E-state index contributed by atoms with van der Waals surface area (Å²) in [5, 5.41) is 6.61. The summed E-state index contributed by atoms with van der Waals surface area (Å²) < 4.78 is 38.0. The number of hydrogen-bond donors (Lipinski definition) is 1. The van der Waals surface area contributed by atoms with Crippen molar-refractivity contribution in [1.82, 2.24) is 5.32 Å². The van der Waals surface area contributed by atoms with Crippen LogP contribution in [0, 0.1) is 0 Å². The molecule has 0 aliphatic rings. The Morgan fingerprint density at radius 3 is 2.55 bits per heavy atom. The molecule has 2 aromatic carbocycles. The van der Waals surface area contributed by atoms with E-state index in [1.807, 2.05) is 18.2 Å². The highest BCUT2D eigenvalue weighted by atomic mass is 19.4. The molecule has 0 aliphatic heterocycles. The molecule has 0 saturated heterocycles. The van der Waals surface area contributed by atoms with E-state index in [1.165, 1.54) is 0 Å². The fourth-order valence-corrected chi connectivity index (χ4v) is 1.98. The molecule has 0 fully saturated rings. The number of carbonyl (C=O) groups is 1. The summed E-state index contributed by atoms with van der Waals surface area (Å²) in [7, 11) is 1.01. The molecule has 116 valence electrons. The summed E-state index contributed by atoms with van der Waals surface area (Å²) in [5.74, 6) is -0.607. The Kier molecular flexibility index (Phi) is 4.65. The highest BCUT2D eigenvalue weighted by Crippen LogP contribution is 2.19. The normalized spacial score (nSPS) is 12.3. The highest BCUT2D eigenvalue weighted by molar-refractivity contribution is 6.08. The number of amides is 1. The zero-order chi connectivity index (χ0) is 16.2. The molecule has 0 saturated carbocycles. The maximum atomic E-state index is 12.7. The van der Waals surface area contributed by atoms with Crippen LogP contribution < -0.4 is 5.32 Å². The third kappa shape index (κ3) is 3.55. The monoisotopic (exact) mass is 310 g/mol. The van der Waals surface area contributed by atoms with Crippen LogP contribution in [0.1, 0.15) is 10.4 Å². The van der Waals surface area contributed by atoms with Gasteiger partial charge in [-0.2, -0.15) is 13.2 Å². The molecule has 2 rings (SSSR count). The first kappa shape index (κ1) is 15.8. The predicted molar refractivity (Wildman–Crippen MR) is 76.8 cm³/mol. The Bertz CT molecular complexity index is 706. The molecular formula is C15H13F3N2O2. The average molecular weight is 310 g/mol. The fraction of sp³-hybridized carbons (Fsp3) is 0.200. The SMILES string of the molecule is CON=C(CNC(=O)c1cccc2ccccc12)C(F)(F)F. The average Bonchev–Trinajstić information content (AvgIpc) is 2.49. The molecule has 1 amide bonds. The number of benzene rings is 2. The summed E-state index contributed by atoms with van der Waals surface area (Å²) in [4.78, 5) is 16.3. The topological polar surface area (TPSA) is 50.7 Å². The van der Waals surface area contributed by atoms with Crippen molar-refractivity contribution in [2.24, 2.45) is 5.16 Å². The van der Waals surface area contributed by atoms with Gasteiger partial charge in [-0.3, -0.25) is 4.79 Å². The standard InChI is InChI=1S/C15H13F3N2O2/c1-22-20-13(15(16,17)18)9-19-14(21)12-8-4-6-10-5-2-3-7-11(10)12/h2-8H,9H2,1H3,(H,19,21). The molecule has 0 aliphatic carbocycles. The van der Waals surface area contributed by atoms with Crippen LogP contribution in [-0.2, 0) is 4.84 Å². The molecule has 1 N–H and O–H groups in total. The van der Waals surface area contributed by atoms with Crippen molar-refractivity contribution in [2.75, 3.05) is 13.7 Å². The quantitative estimate of drug-likeness (QED) is 0.697. The Labute approximate surface area is 124 Å². The highest BCUT2D eigenvalue weighted by Gasteiger charge is 2.36. The minimum atomic E-state index is -4.66. The van der Waals surface area contributed by atoms with Gasteiger partial charge < -0.3 is 10.2 Å². The second-order valence-electron chi connectivity index (χ2n) is 4.43. The van der Waals surface area contributed by atoms with Gasteiger partial charge in [0.25, 0.3) is 5.91 Å². The predicted octanol–water partition coefficient (Wildman–Crippen LogP) is 3.13. The molecule has 0 spiro atoms. The van der Waals surface area contributed by atoms with Gasteiger partial charge in [-0.05, 0) is 16.8 Å². The molecule has 0 bridgehead atoms. The minimum absolute atomic E-state index is 0.303. The number of carbonyl (C=O) groups excluding carboxylic acids is 1.